The van der Waals surface area contributed by atoms with Crippen molar-refractivity contribution in [1.82, 2.24) is 15.5 Å². The molecule has 0 aromatic carbocycles. The van der Waals surface area contributed by atoms with Gasteiger partial charge in [-0.1, -0.05) is 13.8 Å². The molecule has 24 heavy (non-hydrogen) atoms. The van der Waals surface area contributed by atoms with E-state index in [2.05, 4.69) is 29.4 Å². The van der Waals surface area contributed by atoms with E-state index in [1.54, 1.807) is 34.6 Å². The molecule has 0 atom stereocenters. The summed E-state index contributed by atoms with van der Waals surface area (Å²) in [6.45, 7) is 16.3. The van der Waals surface area contributed by atoms with Gasteiger partial charge in [-0.15, -0.1) is 0 Å². The van der Waals surface area contributed by atoms with Gasteiger partial charge < -0.3 is 20.3 Å². The average molecular weight is 341 g/mol. The Bertz CT molecular complexity index is 433. The fourth-order valence-corrected chi connectivity index (χ4v) is 2.76. The number of hydrogen-bond donors (Lipinski definition) is 2. The van der Waals surface area contributed by atoms with Crippen molar-refractivity contribution in [3.63, 3.8) is 0 Å². The first-order valence-electron chi connectivity index (χ1n) is 8.93. The van der Waals surface area contributed by atoms with Gasteiger partial charge in [0.1, 0.15) is 11.1 Å². The summed E-state index contributed by atoms with van der Waals surface area (Å²) in [5.41, 5.74) is -1.59. The molecule has 0 bridgehead atoms. The number of carbonyl (C=O) groups excluding carboxylic acids is 2. The van der Waals surface area contributed by atoms with Gasteiger partial charge in [0.15, 0.2) is 0 Å². The molecule has 0 aromatic heterocycles. The van der Waals surface area contributed by atoms with Gasteiger partial charge in [0.05, 0.1) is 0 Å². The molecule has 1 heterocycles. The molecule has 1 saturated heterocycles. The zero-order valence-electron chi connectivity index (χ0n) is 16.4. The van der Waals surface area contributed by atoms with Gasteiger partial charge in [-0.05, 0) is 53.4 Å². The van der Waals surface area contributed by atoms with Gasteiger partial charge in [-0.25, -0.2) is 4.79 Å². The summed E-state index contributed by atoms with van der Waals surface area (Å²) in [5, 5.41) is 5.72. The Hall–Kier alpha value is -1.30. The molecule has 140 valence electrons. The van der Waals surface area contributed by atoms with E-state index in [0.717, 1.165) is 32.5 Å². The van der Waals surface area contributed by atoms with Crippen LogP contribution in [0.3, 0.4) is 0 Å². The lowest BCUT2D eigenvalue weighted by molar-refractivity contribution is -0.127. The number of nitrogens with one attached hydrogen (secondary N) is 2. The number of rotatable bonds is 5. The van der Waals surface area contributed by atoms with E-state index in [1.807, 2.05) is 0 Å². The second-order valence-electron chi connectivity index (χ2n) is 8.69. The molecule has 6 heteroatoms. The molecule has 0 aromatic rings. The highest BCUT2D eigenvalue weighted by molar-refractivity contribution is 5.89. The molecule has 0 radical (unpaired) electrons. The van der Waals surface area contributed by atoms with Crippen molar-refractivity contribution in [3.05, 3.63) is 0 Å². The van der Waals surface area contributed by atoms with Gasteiger partial charge in [-0.3, -0.25) is 4.79 Å². The molecule has 2 N–H and O–H groups in total. The second kappa shape index (κ2) is 8.19. The van der Waals surface area contributed by atoms with Crippen LogP contribution in [0.15, 0.2) is 0 Å². The zero-order valence-corrected chi connectivity index (χ0v) is 16.4. The molecule has 1 fully saturated rings. The van der Waals surface area contributed by atoms with Crippen LogP contribution in [0, 0.1) is 5.92 Å². The summed E-state index contributed by atoms with van der Waals surface area (Å²) < 4.78 is 5.23. The highest BCUT2D eigenvalue weighted by Crippen LogP contribution is 2.14. The largest absolute Gasteiger partial charge is 0.444 e. The van der Waals surface area contributed by atoms with Crippen LogP contribution in [0.1, 0.15) is 61.3 Å². The Balaban J connectivity index is 2.45. The SMILES string of the molecule is CC(C)CN1CCC(NC(=O)C(C)(C)NC(=O)OC(C)(C)C)CC1. The number of likely N-dealkylation sites (tertiary alicyclic amines) is 1. The Morgan fingerprint density at radius 2 is 1.67 bits per heavy atom. The Kier molecular flexibility index (Phi) is 7.08. The number of amides is 2. The second-order valence-corrected chi connectivity index (χ2v) is 8.69. The van der Waals surface area contributed by atoms with E-state index in [1.165, 1.54) is 0 Å². The van der Waals surface area contributed by atoms with Crippen LogP contribution < -0.4 is 10.6 Å². The first kappa shape index (κ1) is 20.7. The summed E-state index contributed by atoms with van der Waals surface area (Å²) in [4.78, 5) is 26.8. The Morgan fingerprint density at radius 3 is 2.12 bits per heavy atom. The van der Waals surface area contributed by atoms with Crippen LogP contribution in [-0.2, 0) is 9.53 Å². The van der Waals surface area contributed by atoms with Crippen molar-refractivity contribution < 1.29 is 14.3 Å². The van der Waals surface area contributed by atoms with Crippen molar-refractivity contribution in [2.24, 2.45) is 5.92 Å². The summed E-state index contributed by atoms with van der Waals surface area (Å²) >= 11 is 0. The van der Waals surface area contributed by atoms with Crippen molar-refractivity contribution in [1.29, 1.82) is 0 Å². The van der Waals surface area contributed by atoms with Gasteiger partial charge in [-0.2, -0.15) is 0 Å². The van der Waals surface area contributed by atoms with Crippen molar-refractivity contribution in [2.75, 3.05) is 19.6 Å². The van der Waals surface area contributed by atoms with Gasteiger partial charge >= 0.3 is 6.09 Å². The molecule has 1 aliphatic heterocycles. The maximum Gasteiger partial charge on any atom is 0.408 e. The number of piperidine rings is 1. The summed E-state index contributed by atoms with van der Waals surface area (Å²) in [7, 11) is 0. The van der Waals surface area contributed by atoms with Crippen LogP contribution >= 0.6 is 0 Å². The summed E-state index contributed by atoms with van der Waals surface area (Å²) in [5.74, 6) is 0.490. The smallest absolute Gasteiger partial charge is 0.408 e. The van der Waals surface area contributed by atoms with Gasteiger partial charge in [0.2, 0.25) is 5.91 Å². The van der Waals surface area contributed by atoms with E-state index < -0.39 is 17.2 Å². The molecule has 1 aliphatic rings. The lowest BCUT2D eigenvalue weighted by Gasteiger charge is -2.35. The minimum Gasteiger partial charge on any atom is -0.444 e. The van der Waals surface area contributed by atoms with E-state index in [4.69, 9.17) is 4.74 Å². The first-order valence-corrected chi connectivity index (χ1v) is 8.93. The third kappa shape index (κ3) is 7.51. The molecule has 0 unspecified atom stereocenters. The third-order valence-corrected chi connectivity index (χ3v) is 3.93. The molecular formula is C18H35N3O3. The van der Waals surface area contributed by atoms with Crippen LogP contribution in [0.2, 0.25) is 0 Å². The van der Waals surface area contributed by atoms with Gasteiger partial charge in [0, 0.05) is 25.7 Å². The number of ether oxygens (including phenoxy) is 1. The number of alkyl carbamates (subject to hydrolysis) is 1. The lowest BCUT2D eigenvalue weighted by atomic mass is 10.00. The van der Waals surface area contributed by atoms with E-state index in [9.17, 15) is 9.59 Å². The molecule has 2 amide bonds. The number of carbonyl (C=O) groups is 2. The predicted octanol–water partition coefficient (Wildman–Crippen LogP) is 2.53. The fraction of sp³-hybridized carbons (Fsp3) is 0.889. The number of nitrogens with zero attached hydrogens (tertiary/aromatic N) is 1. The maximum atomic E-state index is 12.5. The topological polar surface area (TPSA) is 70.7 Å². The quantitative estimate of drug-likeness (QED) is 0.806. The zero-order chi connectivity index (χ0) is 18.5. The molecule has 0 aliphatic carbocycles. The minimum atomic E-state index is -1.00. The Labute approximate surface area is 146 Å². The first-order chi connectivity index (χ1) is 10.9. The summed E-state index contributed by atoms with van der Waals surface area (Å²) in [6.07, 6.45) is 1.32. The number of hydrogen-bond acceptors (Lipinski definition) is 4. The Morgan fingerprint density at radius 1 is 1.12 bits per heavy atom. The fourth-order valence-electron chi connectivity index (χ4n) is 2.76. The molecular weight excluding hydrogens is 306 g/mol. The predicted molar refractivity (Wildman–Crippen MR) is 95.9 cm³/mol. The van der Waals surface area contributed by atoms with Crippen molar-refractivity contribution >= 4 is 12.0 Å². The molecule has 1 rings (SSSR count). The van der Waals surface area contributed by atoms with Crippen molar-refractivity contribution in [2.45, 2.75) is 78.5 Å². The van der Waals surface area contributed by atoms with E-state index in [0.29, 0.717) is 5.92 Å². The normalized spacial score (nSPS) is 17.7. The highest BCUT2D eigenvalue weighted by atomic mass is 16.6. The van der Waals surface area contributed by atoms with E-state index >= 15 is 0 Å². The van der Waals surface area contributed by atoms with Crippen LogP contribution in [-0.4, -0.2) is 53.7 Å². The van der Waals surface area contributed by atoms with Crippen LogP contribution in [0.5, 0.6) is 0 Å². The van der Waals surface area contributed by atoms with Crippen molar-refractivity contribution in [3.8, 4) is 0 Å². The molecule has 6 nitrogen and oxygen atoms in total. The van der Waals surface area contributed by atoms with E-state index in [-0.39, 0.29) is 11.9 Å². The van der Waals surface area contributed by atoms with Gasteiger partial charge in [0.25, 0.3) is 0 Å². The maximum absolute atomic E-state index is 12.5. The average Bonchev–Trinajstić information content (AvgIpc) is 2.37. The lowest BCUT2D eigenvalue weighted by Crippen LogP contribution is -2.58. The minimum absolute atomic E-state index is 0.167. The van der Waals surface area contributed by atoms with Crippen LogP contribution in [0.25, 0.3) is 0 Å². The summed E-state index contributed by atoms with van der Waals surface area (Å²) in [6, 6.07) is 0.167. The molecule has 0 spiro atoms. The highest BCUT2D eigenvalue weighted by Gasteiger charge is 2.33. The standard InChI is InChI=1S/C18H35N3O3/c1-13(2)12-21-10-8-14(9-11-21)19-15(22)18(6,7)20-16(23)24-17(3,4)5/h13-14H,8-12H2,1-7H3,(H,19,22)(H,20,23). The van der Waals surface area contributed by atoms with Crippen LogP contribution in [0.4, 0.5) is 4.79 Å². The molecule has 0 saturated carbocycles. The monoisotopic (exact) mass is 341 g/mol. The third-order valence-electron chi connectivity index (χ3n) is 3.93.